The Morgan fingerprint density at radius 2 is 2.27 bits per heavy atom. The minimum absolute atomic E-state index is 0.175. The minimum Gasteiger partial charge on any atom is -0.475 e. The van der Waals surface area contributed by atoms with E-state index in [1.807, 2.05) is 6.07 Å². The molecule has 0 unspecified atom stereocenters. The van der Waals surface area contributed by atoms with Gasteiger partial charge in [0, 0.05) is 23.7 Å². The van der Waals surface area contributed by atoms with Crippen molar-refractivity contribution in [2.75, 3.05) is 0 Å². The SMILES string of the molecule is Cc1cc(-c2cc[nH]c2)nc(C(=O)O)n1. The fourth-order valence-corrected chi connectivity index (χ4v) is 1.30. The van der Waals surface area contributed by atoms with Crippen LogP contribution in [0.4, 0.5) is 0 Å². The topological polar surface area (TPSA) is 78.9 Å². The van der Waals surface area contributed by atoms with Crippen LogP contribution in [-0.2, 0) is 0 Å². The quantitative estimate of drug-likeness (QED) is 0.774. The lowest BCUT2D eigenvalue weighted by atomic mass is 10.2. The molecule has 0 radical (unpaired) electrons. The van der Waals surface area contributed by atoms with E-state index in [-0.39, 0.29) is 5.82 Å². The van der Waals surface area contributed by atoms with Gasteiger partial charge in [0.2, 0.25) is 5.82 Å². The molecule has 5 heteroatoms. The van der Waals surface area contributed by atoms with E-state index in [0.717, 1.165) is 5.56 Å². The molecular formula is C10H9N3O2. The Balaban J connectivity index is 2.54. The van der Waals surface area contributed by atoms with Crippen LogP contribution in [0.25, 0.3) is 11.3 Å². The second kappa shape index (κ2) is 3.53. The second-order valence-corrected chi connectivity index (χ2v) is 3.12. The fourth-order valence-electron chi connectivity index (χ4n) is 1.30. The lowest BCUT2D eigenvalue weighted by molar-refractivity contribution is 0.0683. The number of carboxylic acids is 1. The van der Waals surface area contributed by atoms with Crippen molar-refractivity contribution in [3.63, 3.8) is 0 Å². The zero-order chi connectivity index (χ0) is 10.8. The summed E-state index contributed by atoms with van der Waals surface area (Å²) >= 11 is 0. The molecule has 2 N–H and O–H groups in total. The third kappa shape index (κ3) is 1.85. The molecule has 76 valence electrons. The molecule has 2 rings (SSSR count). The van der Waals surface area contributed by atoms with E-state index >= 15 is 0 Å². The van der Waals surface area contributed by atoms with Gasteiger partial charge in [-0.05, 0) is 19.1 Å². The van der Waals surface area contributed by atoms with Gasteiger partial charge in [-0.15, -0.1) is 0 Å². The van der Waals surface area contributed by atoms with Crippen LogP contribution in [0.3, 0.4) is 0 Å². The van der Waals surface area contributed by atoms with E-state index in [0.29, 0.717) is 11.4 Å². The third-order valence-corrected chi connectivity index (χ3v) is 1.94. The van der Waals surface area contributed by atoms with Crippen molar-refractivity contribution in [1.82, 2.24) is 15.0 Å². The van der Waals surface area contributed by atoms with Gasteiger partial charge in [-0.2, -0.15) is 0 Å². The molecule has 0 atom stereocenters. The average molecular weight is 203 g/mol. The van der Waals surface area contributed by atoms with E-state index in [4.69, 9.17) is 5.11 Å². The Hall–Kier alpha value is -2.17. The summed E-state index contributed by atoms with van der Waals surface area (Å²) < 4.78 is 0. The molecule has 0 spiro atoms. The Kier molecular flexibility index (Phi) is 2.21. The Morgan fingerprint density at radius 1 is 1.47 bits per heavy atom. The highest BCUT2D eigenvalue weighted by atomic mass is 16.4. The van der Waals surface area contributed by atoms with Crippen molar-refractivity contribution in [2.45, 2.75) is 6.92 Å². The number of hydrogen-bond donors (Lipinski definition) is 2. The zero-order valence-corrected chi connectivity index (χ0v) is 8.06. The Morgan fingerprint density at radius 3 is 2.87 bits per heavy atom. The van der Waals surface area contributed by atoms with Crippen LogP contribution >= 0.6 is 0 Å². The number of hydrogen-bond acceptors (Lipinski definition) is 3. The highest BCUT2D eigenvalue weighted by Crippen LogP contribution is 2.16. The molecule has 2 aromatic rings. The number of nitrogens with one attached hydrogen (secondary N) is 1. The van der Waals surface area contributed by atoms with Crippen LogP contribution in [0.5, 0.6) is 0 Å². The van der Waals surface area contributed by atoms with Gasteiger partial charge in [0.1, 0.15) is 0 Å². The van der Waals surface area contributed by atoms with Gasteiger partial charge in [-0.25, -0.2) is 14.8 Å². The zero-order valence-electron chi connectivity index (χ0n) is 8.06. The smallest absolute Gasteiger partial charge is 0.373 e. The van der Waals surface area contributed by atoms with Crippen molar-refractivity contribution in [3.8, 4) is 11.3 Å². The molecule has 0 aromatic carbocycles. The summed E-state index contributed by atoms with van der Waals surface area (Å²) in [5.41, 5.74) is 2.10. The average Bonchev–Trinajstić information content (AvgIpc) is 2.69. The molecule has 2 aromatic heterocycles. The highest BCUT2D eigenvalue weighted by molar-refractivity contribution is 5.83. The number of carboxylic acid groups (broad SMARTS) is 1. The van der Waals surface area contributed by atoms with E-state index < -0.39 is 5.97 Å². The van der Waals surface area contributed by atoms with Gasteiger partial charge < -0.3 is 10.1 Å². The normalized spacial score (nSPS) is 10.2. The van der Waals surface area contributed by atoms with Crippen molar-refractivity contribution in [1.29, 1.82) is 0 Å². The molecule has 0 bridgehead atoms. The lowest BCUT2D eigenvalue weighted by Crippen LogP contribution is -2.05. The lowest BCUT2D eigenvalue weighted by Gasteiger charge is -2.00. The fraction of sp³-hybridized carbons (Fsp3) is 0.100. The van der Waals surface area contributed by atoms with Crippen molar-refractivity contribution < 1.29 is 9.90 Å². The number of aryl methyl sites for hydroxylation is 1. The Bertz CT molecular complexity index is 491. The van der Waals surface area contributed by atoms with Crippen LogP contribution < -0.4 is 0 Å². The summed E-state index contributed by atoms with van der Waals surface area (Å²) in [7, 11) is 0. The van der Waals surface area contributed by atoms with Crippen LogP contribution in [-0.4, -0.2) is 26.0 Å². The number of aromatic nitrogens is 3. The largest absolute Gasteiger partial charge is 0.475 e. The number of nitrogens with zero attached hydrogens (tertiary/aromatic N) is 2. The first kappa shape index (κ1) is 9.39. The first-order chi connectivity index (χ1) is 7.16. The summed E-state index contributed by atoms with van der Waals surface area (Å²) in [5, 5.41) is 8.80. The standard InChI is InChI=1S/C10H9N3O2/c1-6-4-8(7-2-3-11-5-7)13-9(12-6)10(14)15/h2-5,11H,1H3,(H,14,15). The predicted molar refractivity (Wildman–Crippen MR) is 53.5 cm³/mol. The summed E-state index contributed by atoms with van der Waals surface area (Å²) in [6, 6.07) is 3.57. The molecule has 0 saturated heterocycles. The van der Waals surface area contributed by atoms with Gasteiger partial charge in [0.15, 0.2) is 0 Å². The molecular weight excluding hydrogens is 194 g/mol. The van der Waals surface area contributed by atoms with Crippen LogP contribution in [0, 0.1) is 6.92 Å². The highest BCUT2D eigenvalue weighted by Gasteiger charge is 2.10. The summed E-state index contributed by atoms with van der Waals surface area (Å²) in [6.45, 7) is 1.74. The third-order valence-electron chi connectivity index (χ3n) is 1.94. The maximum Gasteiger partial charge on any atom is 0.373 e. The number of aromatic carboxylic acids is 1. The molecule has 0 saturated carbocycles. The second-order valence-electron chi connectivity index (χ2n) is 3.12. The van der Waals surface area contributed by atoms with Gasteiger partial charge in [0.05, 0.1) is 5.69 Å². The van der Waals surface area contributed by atoms with E-state index in [2.05, 4.69) is 15.0 Å². The predicted octanol–water partition coefficient (Wildman–Crippen LogP) is 1.48. The number of H-pyrrole nitrogens is 1. The van der Waals surface area contributed by atoms with E-state index in [1.165, 1.54) is 0 Å². The molecule has 0 aliphatic carbocycles. The maximum atomic E-state index is 10.7. The summed E-state index contributed by atoms with van der Waals surface area (Å²) in [4.78, 5) is 21.4. The molecule has 5 nitrogen and oxygen atoms in total. The van der Waals surface area contributed by atoms with E-state index in [9.17, 15) is 4.79 Å². The molecule has 0 fully saturated rings. The molecule has 2 heterocycles. The van der Waals surface area contributed by atoms with Gasteiger partial charge >= 0.3 is 5.97 Å². The number of rotatable bonds is 2. The van der Waals surface area contributed by atoms with Crippen LogP contribution in [0.2, 0.25) is 0 Å². The number of carbonyl (C=O) groups is 1. The van der Waals surface area contributed by atoms with Crippen molar-refractivity contribution >= 4 is 5.97 Å². The van der Waals surface area contributed by atoms with Gasteiger partial charge in [0.25, 0.3) is 0 Å². The van der Waals surface area contributed by atoms with Crippen molar-refractivity contribution in [3.05, 3.63) is 36.0 Å². The van der Waals surface area contributed by atoms with Gasteiger partial charge in [-0.3, -0.25) is 0 Å². The van der Waals surface area contributed by atoms with Crippen LogP contribution in [0.1, 0.15) is 16.3 Å². The first-order valence-corrected chi connectivity index (χ1v) is 4.39. The first-order valence-electron chi connectivity index (χ1n) is 4.39. The molecule has 0 aliphatic rings. The van der Waals surface area contributed by atoms with Crippen molar-refractivity contribution in [2.24, 2.45) is 0 Å². The number of aromatic amines is 1. The molecule has 15 heavy (non-hydrogen) atoms. The summed E-state index contributed by atoms with van der Waals surface area (Å²) in [5.74, 6) is -1.29. The Labute approximate surface area is 85.8 Å². The summed E-state index contributed by atoms with van der Waals surface area (Å²) in [6.07, 6.45) is 3.51. The minimum atomic E-state index is -1.12. The maximum absolute atomic E-state index is 10.7. The monoisotopic (exact) mass is 203 g/mol. The van der Waals surface area contributed by atoms with E-state index in [1.54, 1.807) is 25.4 Å². The van der Waals surface area contributed by atoms with Gasteiger partial charge in [-0.1, -0.05) is 0 Å². The molecule has 0 amide bonds. The van der Waals surface area contributed by atoms with Crippen LogP contribution in [0.15, 0.2) is 24.5 Å². The molecule has 0 aliphatic heterocycles.